The number of aryl methyl sites for hydroxylation is 1. The van der Waals surface area contributed by atoms with Gasteiger partial charge in [-0.15, -0.1) is 6.42 Å². The molecular weight excluding hydrogens is 256 g/mol. The van der Waals surface area contributed by atoms with Crippen molar-refractivity contribution < 1.29 is 0 Å². The Balaban J connectivity index is 2.21. The van der Waals surface area contributed by atoms with Crippen LogP contribution in [0.5, 0.6) is 0 Å². The number of piperazine rings is 1. The lowest BCUT2D eigenvalue weighted by atomic mass is 10.4. The molecule has 7 nitrogen and oxygen atoms in total. The highest BCUT2D eigenvalue weighted by Gasteiger charge is 2.20. The van der Waals surface area contributed by atoms with Crippen molar-refractivity contribution in [1.82, 2.24) is 24.6 Å². The Morgan fingerprint density at radius 1 is 1.45 bits per heavy atom. The minimum absolute atomic E-state index is 0.174. The first-order valence-electron chi connectivity index (χ1n) is 6.54. The fourth-order valence-corrected chi connectivity index (χ4v) is 2.47. The van der Waals surface area contributed by atoms with Crippen LogP contribution >= 0.6 is 0 Å². The normalized spacial score (nSPS) is 15.5. The number of fused-ring (bicyclic) bond motifs is 1. The van der Waals surface area contributed by atoms with Gasteiger partial charge in [0, 0.05) is 33.2 Å². The van der Waals surface area contributed by atoms with Gasteiger partial charge in [-0.2, -0.15) is 5.10 Å². The van der Waals surface area contributed by atoms with Crippen LogP contribution in [0.25, 0.3) is 11.0 Å². The molecular formula is C13H16N6O. The summed E-state index contributed by atoms with van der Waals surface area (Å²) in [7, 11) is 1.62. The van der Waals surface area contributed by atoms with Gasteiger partial charge in [-0.05, 0) is 0 Å². The molecule has 0 aliphatic carbocycles. The quantitative estimate of drug-likeness (QED) is 0.723. The van der Waals surface area contributed by atoms with Gasteiger partial charge in [0.05, 0.1) is 12.7 Å². The van der Waals surface area contributed by atoms with E-state index in [0.717, 1.165) is 32.1 Å². The number of hydrogen-bond acceptors (Lipinski definition) is 5. The molecule has 1 aliphatic rings. The zero-order valence-electron chi connectivity index (χ0n) is 11.3. The number of imidazole rings is 1. The van der Waals surface area contributed by atoms with Crippen LogP contribution in [-0.2, 0) is 13.6 Å². The van der Waals surface area contributed by atoms with Crippen LogP contribution in [0.3, 0.4) is 0 Å². The van der Waals surface area contributed by atoms with E-state index in [9.17, 15) is 4.79 Å². The molecule has 0 radical (unpaired) electrons. The molecule has 3 rings (SSSR count). The summed E-state index contributed by atoms with van der Waals surface area (Å²) in [6.45, 7) is 3.82. The topological polar surface area (TPSA) is 68.0 Å². The average molecular weight is 272 g/mol. The molecule has 0 aromatic carbocycles. The molecule has 0 atom stereocenters. The van der Waals surface area contributed by atoms with Crippen molar-refractivity contribution in [2.75, 3.05) is 31.1 Å². The van der Waals surface area contributed by atoms with Crippen LogP contribution in [0.4, 0.5) is 5.95 Å². The van der Waals surface area contributed by atoms with Gasteiger partial charge in [-0.1, -0.05) is 5.92 Å². The van der Waals surface area contributed by atoms with Crippen molar-refractivity contribution in [3.63, 3.8) is 0 Å². The molecule has 3 heterocycles. The summed E-state index contributed by atoms with van der Waals surface area (Å²) in [4.78, 5) is 19.0. The first kappa shape index (κ1) is 12.7. The summed E-state index contributed by atoms with van der Waals surface area (Å²) in [6.07, 6.45) is 7.05. The lowest BCUT2D eigenvalue weighted by molar-refractivity contribution is 0.572. The van der Waals surface area contributed by atoms with Gasteiger partial charge in [0.1, 0.15) is 11.0 Å². The van der Waals surface area contributed by atoms with Crippen molar-refractivity contribution >= 4 is 17.0 Å². The van der Waals surface area contributed by atoms with Crippen LogP contribution in [0.15, 0.2) is 11.0 Å². The predicted octanol–water partition coefficient (Wildman–Crippen LogP) is -0.827. The summed E-state index contributed by atoms with van der Waals surface area (Å²) in [5, 5.41) is 7.31. The van der Waals surface area contributed by atoms with Crippen LogP contribution in [0.1, 0.15) is 0 Å². The largest absolute Gasteiger partial charge is 0.340 e. The number of anilines is 1. The molecule has 1 N–H and O–H groups in total. The van der Waals surface area contributed by atoms with Crippen LogP contribution in [0.2, 0.25) is 0 Å². The highest BCUT2D eigenvalue weighted by Crippen LogP contribution is 2.19. The van der Waals surface area contributed by atoms with Crippen molar-refractivity contribution in [2.45, 2.75) is 6.54 Å². The van der Waals surface area contributed by atoms with Crippen LogP contribution in [-0.4, -0.2) is 45.5 Å². The number of aromatic nitrogens is 4. The fourth-order valence-electron chi connectivity index (χ4n) is 2.47. The summed E-state index contributed by atoms with van der Waals surface area (Å²) in [5.41, 5.74) is 0.942. The molecule has 20 heavy (non-hydrogen) atoms. The first-order valence-corrected chi connectivity index (χ1v) is 6.54. The average Bonchev–Trinajstić information content (AvgIpc) is 2.84. The van der Waals surface area contributed by atoms with Gasteiger partial charge in [-0.3, -0.25) is 9.36 Å². The molecule has 0 saturated carbocycles. The molecule has 1 saturated heterocycles. The Morgan fingerprint density at radius 3 is 2.90 bits per heavy atom. The van der Waals surface area contributed by atoms with E-state index in [-0.39, 0.29) is 5.56 Å². The van der Waals surface area contributed by atoms with E-state index in [1.54, 1.807) is 13.2 Å². The molecule has 1 fully saturated rings. The second-order valence-electron chi connectivity index (χ2n) is 4.75. The maximum atomic E-state index is 12.3. The fraction of sp³-hybridized carbons (Fsp3) is 0.462. The summed E-state index contributed by atoms with van der Waals surface area (Å²) < 4.78 is 3.11. The van der Waals surface area contributed by atoms with Crippen molar-refractivity contribution in [3.8, 4) is 12.3 Å². The monoisotopic (exact) mass is 272 g/mol. The summed E-state index contributed by atoms with van der Waals surface area (Å²) in [5.74, 6) is 3.35. The maximum absolute atomic E-state index is 12.3. The van der Waals surface area contributed by atoms with E-state index in [2.05, 4.69) is 26.2 Å². The van der Waals surface area contributed by atoms with Gasteiger partial charge >= 0.3 is 0 Å². The number of nitrogens with zero attached hydrogens (tertiary/aromatic N) is 5. The molecule has 1 aliphatic heterocycles. The third kappa shape index (κ3) is 1.94. The van der Waals surface area contributed by atoms with E-state index < -0.39 is 0 Å². The van der Waals surface area contributed by atoms with Crippen LogP contribution in [0, 0.1) is 12.3 Å². The molecule has 0 amide bonds. The predicted molar refractivity (Wildman–Crippen MR) is 76.7 cm³/mol. The van der Waals surface area contributed by atoms with E-state index in [0.29, 0.717) is 17.6 Å². The lowest BCUT2D eigenvalue weighted by Gasteiger charge is -2.28. The highest BCUT2D eigenvalue weighted by molar-refractivity contribution is 5.77. The highest BCUT2D eigenvalue weighted by atomic mass is 16.1. The Kier molecular flexibility index (Phi) is 3.16. The Morgan fingerprint density at radius 2 is 2.20 bits per heavy atom. The van der Waals surface area contributed by atoms with Crippen molar-refractivity contribution in [3.05, 3.63) is 16.6 Å². The lowest BCUT2D eigenvalue weighted by Crippen LogP contribution is -2.44. The van der Waals surface area contributed by atoms with Crippen molar-refractivity contribution in [2.24, 2.45) is 7.05 Å². The number of terminal acetylenes is 1. The molecule has 104 valence electrons. The number of rotatable bonds is 2. The second-order valence-corrected chi connectivity index (χ2v) is 4.75. The Labute approximate surface area is 116 Å². The third-order valence-corrected chi connectivity index (χ3v) is 3.47. The van der Waals surface area contributed by atoms with Gasteiger partial charge < -0.3 is 10.2 Å². The molecule has 0 spiro atoms. The van der Waals surface area contributed by atoms with E-state index in [1.165, 1.54) is 4.68 Å². The third-order valence-electron chi connectivity index (χ3n) is 3.47. The Hall–Kier alpha value is -2.33. The minimum atomic E-state index is -0.174. The maximum Gasteiger partial charge on any atom is 0.292 e. The minimum Gasteiger partial charge on any atom is -0.340 e. The van der Waals surface area contributed by atoms with Gasteiger partial charge in [0.15, 0.2) is 0 Å². The second kappa shape index (κ2) is 4.98. The number of hydrogen-bond donors (Lipinski definition) is 1. The standard InChI is InChI=1S/C13H16N6O/c1-3-6-19-11-10(9-15-17(2)12(11)20)16-13(19)18-7-4-14-5-8-18/h1,9,14H,4-8H2,2H3. The van der Waals surface area contributed by atoms with Crippen molar-refractivity contribution in [1.29, 1.82) is 0 Å². The molecule has 0 unspecified atom stereocenters. The zero-order chi connectivity index (χ0) is 14.1. The molecule has 0 bridgehead atoms. The smallest absolute Gasteiger partial charge is 0.292 e. The van der Waals surface area contributed by atoms with Gasteiger partial charge in [-0.25, -0.2) is 9.67 Å². The Bertz CT molecular complexity index is 732. The molecule has 7 heteroatoms. The molecule has 2 aromatic heterocycles. The van der Waals surface area contributed by atoms with Gasteiger partial charge in [0.2, 0.25) is 5.95 Å². The summed E-state index contributed by atoms with van der Waals surface area (Å²) >= 11 is 0. The SMILES string of the molecule is C#CCn1c(N2CCNCC2)nc2cnn(C)c(=O)c21. The van der Waals surface area contributed by atoms with Gasteiger partial charge in [0.25, 0.3) is 5.56 Å². The van der Waals surface area contributed by atoms with E-state index in [1.807, 2.05) is 4.57 Å². The zero-order valence-corrected chi connectivity index (χ0v) is 11.3. The first-order chi connectivity index (χ1) is 9.72. The van der Waals surface area contributed by atoms with E-state index >= 15 is 0 Å². The summed E-state index contributed by atoms with van der Waals surface area (Å²) in [6, 6.07) is 0. The molecule has 2 aromatic rings. The van der Waals surface area contributed by atoms with Crippen LogP contribution < -0.4 is 15.8 Å². The van der Waals surface area contributed by atoms with E-state index in [4.69, 9.17) is 6.42 Å². The number of nitrogens with one attached hydrogen (secondary N) is 1.